The van der Waals surface area contributed by atoms with Crippen molar-refractivity contribution in [1.82, 2.24) is 9.13 Å². The molecule has 2 aromatic heterocycles. The second kappa shape index (κ2) is 21.8. The van der Waals surface area contributed by atoms with Crippen LogP contribution in [0, 0.1) is 5.92 Å². The summed E-state index contributed by atoms with van der Waals surface area (Å²) in [4.78, 5) is 32.3. The van der Waals surface area contributed by atoms with Gasteiger partial charge < -0.3 is 18.9 Å². The van der Waals surface area contributed by atoms with Gasteiger partial charge in [0, 0.05) is 61.2 Å². The molecule has 2 aliphatic rings. The van der Waals surface area contributed by atoms with Crippen molar-refractivity contribution in [2.45, 2.75) is 6.04 Å². The fourth-order valence-corrected chi connectivity index (χ4v) is 13.8. The molecular weight excluding hydrogens is 1070 g/mol. The molecule has 17 rings (SSSR count). The lowest BCUT2D eigenvalue weighted by Crippen LogP contribution is -2.44. The SMILES string of the molecule is O=C1c2cc3c(cc2N(c2ccccc2)C2C=CC=CC12)c(=O)c1ccccc1n3-c1ccccc1.c1ccc(-c2c3ccccc3c(-c3ccccc3)c3cc(N(c4ccccc4)c4ccc5c(c4)c4ccccc4n5-c4ccccc4)ccc23)cc1. The maximum Gasteiger partial charge on any atom is 0.197 e. The standard InChI is InChI=1S/C50H34N2.C32H22N2O2/c1-5-17-35(18-6-1)49-42-26-13-14-27-43(42)50(36-19-7-2-8-20-36)46-34-39(29-31-44(46)49)51(37-21-9-3-10-22-37)40-30-32-48-45(33-40)41-25-15-16-28-47(41)52(48)38-23-11-4-12-24-38;35-31-23-15-7-9-17-27(23)33(21-11-3-1-4-12-21)29-19-26-30(20-25(29)31)34(22-13-5-2-6-14-22)28-18-10-8-16-24(28)32(26)36/h1-34H;1-20,23,27H. The first-order chi connectivity index (χ1) is 43.6. The Balaban J connectivity index is 0.000000152. The Kier molecular flexibility index (Phi) is 12.9. The van der Waals surface area contributed by atoms with Crippen LogP contribution in [0.3, 0.4) is 0 Å². The highest BCUT2D eigenvalue weighted by molar-refractivity contribution is 6.22. The lowest BCUT2D eigenvalue weighted by molar-refractivity contribution is 0.0931. The summed E-state index contributed by atoms with van der Waals surface area (Å²) in [5.41, 5.74) is 16.7. The van der Waals surface area contributed by atoms with Crippen molar-refractivity contribution >= 4 is 99.4 Å². The zero-order valence-corrected chi connectivity index (χ0v) is 47.9. The van der Waals surface area contributed by atoms with Crippen LogP contribution in [-0.4, -0.2) is 21.0 Å². The highest BCUT2D eigenvalue weighted by atomic mass is 16.1. The average molecular weight is 1130 g/mol. The van der Waals surface area contributed by atoms with Crippen molar-refractivity contribution in [2.24, 2.45) is 5.92 Å². The van der Waals surface area contributed by atoms with Crippen LogP contribution in [-0.2, 0) is 0 Å². The molecule has 0 amide bonds. The number of carbonyl (C=O) groups is 1. The van der Waals surface area contributed by atoms with Crippen LogP contribution in [0.1, 0.15) is 10.4 Å². The summed E-state index contributed by atoms with van der Waals surface area (Å²) in [7, 11) is 0. The Labute approximate surface area is 509 Å². The first-order valence-corrected chi connectivity index (χ1v) is 30.0. The first-order valence-electron chi connectivity index (χ1n) is 30.0. The number of hydrogen-bond acceptors (Lipinski definition) is 4. The molecule has 0 radical (unpaired) electrons. The Morgan fingerprint density at radius 2 is 0.750 bits per heavy atom. The molecular formula is C82H56N4O2. The highest BCUT2D eigenvalue weighted by Crippen LogP contribution is 2.48. The fourth-order valence-electron chi connectivity index (χ4n) is 13.8. The molecule has 0 bridgehead atoms. The van der Waals surface area contributed by atoms with Crippen molar-refractivity contribution in [3.63, 3.8) is 0 Å². The predicted octanol–water partition coefficient (Wildman–Crippen LogP) is 20.5. The van der Waals surface area contributed by atoms with Gasteiger partial charge in [-0.05, 0) is 153 Å². The minimum atomic E-state index is -0.294. The molecule has 1 aliphatic carbocycles. The summed E-state index contributed by atoms with van der Waals surface area (Å²) in [6.07, 6.45) is 8.00. The van der Waals surface area contributed by atoms with E-state index in [0.717, 1.165) is 50.8 Å². The van der Waals surface area contributed by atoms with Gasteiger partial charge in [0.15, 0.2) is 11.2 Å². The van der Waals surface area contributed by atoms with Crippen LogP contribution in [0.2, 0.25) is 0 Å². The van der Waals surface area contributed by atoms with E-state index in [0.29, 0.717) is 16.3 Å². The van der Waals surface area contributed by atoms with Gasteiger partial charge in [0.2, 0.25) is 0 Å². The van der Waals surface area contributed by atoms with Gasteiger partial charge in [-0.2, -0.15) is 0 Å². The van der Waals surface area contributed by atoms with Gasteiger partial charge in [-0.15, -0.1) is 0 Å². The molecule has 0 saturated carbocycles. The van der Waals surface area contributed by atoms with Gasteiger partial charge in [0.25, 0.3) is 0 Å². The van der Waals surface area contributed by atoms with Gasteiger partial charge in [-0.25, -0.2) is 0 Å². The van der Waals surface area contributed by atoms with E-state index < -0.39 is 0 Å². The third-order valence-electron chi connectivity index (χ3n) is 17.6. The van der Waals surface area contributed by atoms with Gasteiger partial charge in [0.1, 0.15) is 0 Å². The van der Waals surface area contributed by atoms with Crippen molar-refractivity contribution in [3.8, 4) is 33.6 Å². The zero-order valence-electron chi connectivity index (χ0n) is 47.9. The van der Waals surface area contributed by atoms with E-state index in [4.69, 9.17) is 0 Å². The number of carbonyl (C=O) groups excluding carboxylic acids is 1. The number of allylic oxidation sites excluding steroid dienone is 2. The number of para-hydroxylation sites is 6. The van der Waals surface area contributed by atoms with E-state index in [1.807, 2.05) is 103 Å². The van der Waals surface area contributed by atoms with Gasteiger partial charge in [-0.1, -0.05) is 218 Å². The van der Waals surface area contributed by atoms with E-state index in [9.17, 15) is 9.59 Å². The Bertz CT molecular complexity index is 5310. The number of fused-ring (bicyclic) bond motifs is 9. The quantitative estimate of drug-likeness (QED) is 0.142. The molecule has 13 aromatic carbocycles. The van der Waals surface area contributed by atoms with Crippen molar-refractivity contribution in [3.05, 3.63) is 343 Å². The molecule has 416 valence electrons. The Hall–Kier alpha value is -11.6. The smallest absolute Gasteiger partial charge is 0.197 e. The lowest BCUT2D eigenvalue weighted by atomic mass is 9.81. The molecule has 88 heavy (non-hydrogen) atoms. The zero-order chi connectivity index (χ0) is 58.7. The van der Waals surface area contributed by atoms with Crippen molar-refractivity contribution < 1.29 is 4.79 Å². The molecule has 15 aromatic rings. The third-order valence-corrected chi connectivity index (χ3v) is 17.6. The molecule has 1 aliphatic heterocycles. The van der Waals surface area contributed by atoms with E-state index in [2.05, 4.69) is 243 Å². The van der Waals surface area contributed by atoms with Gasteiger partial charge in [-0.3, -0.25) is 9.59 Å². The minimum Gasteiger partial charge on any atom is -0.333 e. The van der Waals surface area contributed by atoms with Crippen LogP contribution in [0.15, 0.2) is 332 Å². The van der Waals surface area contributed by atoms with E-state index >= 15 is 0 Å². The largest absolute Gasteiger partial charge is 0.333 e. The maximum atomic E-state index is 13.9. The first kappa shape index (κ1) is 52.0. The number of nitrogens with zero attached hydrogens (tertiary/aromatic N) is 4. The normalized spacial score (nSPS) is 14.3. The summed E-state index contributed by atoms with van der Waals surface area (Å²) in [5.74, 6) is -0.220. The molecule has 0 N–H and O–H groups in total. The van der Waals surface area contributed by atoms with Crippen LogP contribution in [0.4, 0.5) is 28.4 Å². The molecule has 0 fully saturated rings. The molecule has 2 atom stereocenters. The van der Waals surface area contributed by atoms with E-state index in [-0.39, 0.29) is 23.2 Å². The monoisotopic (exact) mass is 1130 g/mol. The van der Waals surface area contributed by atoms with Crippen LogP contribution in [0.5, 0.6) is 0 Å². The Morgan fingerprint density at radius 1 is 0.307 bits per heavy atom. The van der Waals surface area contributed by atoms with E-state index in [1.165, 1.54) is 65.6 Å². The van der Waals surface area contributed by atoms with Crippen LogP contribution < -0.4 is 15.2 Å². The number of hydrogen-bond donors (Lipinski definition) is 0. The summed E-state index contributed by atoms with van der Waals surface area (Å²) in [6, 6.07) is 106. The Morgan fingerprint density at radius 3 is 1.36 bits per heavy atom. The van der Waals surface area contributed by atoms with Gasteiger partial charge in [0.05, 0.1) is 39.7 Å². The predicted molar refractivity (Wildman–Crippen MR) is 367 cm³/mol. The molecule has 6 heteroatoms. The third kappa shape index (κ3) is 8.72. The van der Waals surface area contributed by atoms with E-state index in [1.54, 1.807) is 0 Å². The van der Waals surface area contributed by atoms with Crippen molar-refractivity contribution in [1.29, 1.82) is 0 Å². The fraction of sp³-hybridized carbons (Fsp3) is 0.0244. The summed E-state index contributed by atoms with van der Waals surface area (Å²) < 4.78 is 4.47. The molecule has 2 unspecified atom stereocenters. The lowest BCUT2D eigenvalue weighted by Gasteiger charge is -2.41. The number of rotatable bonds is 8. The average Bonchev–Trinajstić information content (AvgIpc) is 0.990. The summed E-state index contributed by atoms with van der Waals surface area (Å²) in [5, 5.41) is 8.68. The number of ketones is 1. The topological polar surface area (TPSA) is 50.5 Å². The number of anilines is 5. The van der Waals surface area contributed by atoms with Crippen LogP contribution in [0.25, 0.3) is 98.8 Å². The number of aromatic nitrogens is 2. The molecule has 0 spiro atoms. The number of Topliss-reactive ketones (excluding diaryl/α,β-unsaturated/α-hetero) is 1. The van der Waals surface area contributed by atoms with Crippen LogP contribution >= 0.6 is 0 Å². The summed E-state index contributed by atoms with van der Waals surface area (Å²) in [6.45, 7) is 0. The van der Waals surface area contributed by atoms with Gasteiger partial charge >= 0.3 is 0 Å². The number of benzene rings is 13. The summed E-state index contributed by atoms with van der Waals surface area (Å²) >= 11 is 0. The second-order valence-electron chi connectivity index (χ2n) is 22.6. The van der Waals surface area contributed by atoms with Crippen molar-refractivity contribution in [2.75, 3.05) is 9.80 Å². The molecule has 6 nitrogen and oxygen atoms in total. The number of pyridine rings is 1. The molecule has 3 heterocycles. The molecule has 0 saturated heterocycles. The highest BCUT2D eigenvalue weighted by Gasteiger charge is 2.40. The minimum absolute atomic E-state index is 0.0303. The second-order valence-corrected chi connectivity index (χ2v) is 22.6. The maximum absolute atomic E-state index is 13.9.